The van der Waals surface area contributed by atoms with Gasteiger partial charge in [0.15, 0.2) is 16.3 Å². The Bertz CT molecular complexity index is 2350. The smallest absolute Gasteiger partial charge is 0.338 e. The molecule has 0 N–H and O–H groups in total. The van der Waals surface area contributed by atoms with Gasteiger partial charge in [0, 0.05) is 5.56 Å². The fourth-order valence-electron chi connectivity index (χ4n) is 6.04. The first kappa shape index (κ1) is 37.3. The average Bonchev–Trinajstić information content (AvgIpc) is 3.47. The summed E-state index contributed by atoms with van der Waals surface area (Å²) in [6.45, 7) is 8.37. The first-order chi connectivity index (χ1) is 25.6. The largest absolute Gasteiger partial charge is 0.493 e. The molecule has 5 aromatic rings. The van der Waals surface area contributed by atoms with E-state index in [1.807, 2.05) is 54.6 Å². The molecule has 11 heteroatoms. The van der Waals surface area contributed by atoms with Crippen LogP contribution in [-0.4, -0.2) is 36.8 Å². The molecule has 0 spiro atoms. The van der Waals surface area contributed by atoms with Gasteiger partial charge in [-0.3, -0.25) is 9.36 Å². The van der Waals surface area contributed by atoms with Gasteiger partial charge < -0.3 is 18.9 Å². The minimum absolute atomic E-state index is 0.165. The second kappa shape index (κ2) is 16.5. The highest BCUT2D eigenvalue weighted by Gasteiger charge is 2.35. The SMILES string of the molecule is CCOC(=O)C1=C(c2ccccc2)N=c2s/c(=C\c3cc(Cl)c(OCc4ccc(C(=O)OCC)cc4)c(OC)c3)c(=O)n2[C@H]1c1ccc(C(C)C)cc1. The van der Waals surface area contributed by atoms with Gasteiger partial charge >= 0.3 is 11.9 Å². The number of benzene rings is 4. The van der Waals surface area contributed by atoms with E-state index in [9.17, 15) is 14.4 Å². The predicted molar refractivity (Wildman–Crippen MR) is 206 cm³/mol. The van der Waals surface area contributed by atoms with Crippen LogP contribution in [0.3, 0.4) is 0 Å². The maximum Gasteiger partial charge on any atom is 0.338 e. The number of nitrogens with zero attached hydrogens (tertiary/aromatic N) is 2. The molecule has 1 aliphatic heterocycles. The Balaban J connectivity index is 1.42. The zero-order valence-electron chi connectivity index (χ0n) is 30.1. The van der Waals surface area contributed by atoms with E-state index in [4.69, 9.17) is 35.5 Å². The minimum atomic E-state index is -0.788. The molecule has 0 fully saturated rings. The van der Waals surface area contributed by atoms with Crippen LogP contribution in [0.15, 0.2) is 106 Å². The molecule has 1 atom stereocenters. The van der Waals surface area contributed by atoms with Crippen LogP contribution >= 0.6 is 22.9 Å². The molecule has 0 saturated heterocycles. The second-order valence-corrected chi connectivity index (χ2v) is 13.9. The van der Waals surface area contributed by atoms with Crippen molar-refractivity contribution < 1.29 is 28.5 Å². The van der Waals surface area contributed by atoms with E-state index in [-0.39, 0.29) is 35.3 Å². The van der Waals surface area contributed by atoms with E-state index >= 15 is 0 Å². The summed E-state index contributed by atoms with van der Waals surface area (Å²) in [5.74, 6) is 0.0808. The van der Waals surface area contributed by atoms with Crippen LogP contribution in [0.5, 0.6) is 11.5 Å². The lowest BCUT2D eigenvalue weighted by molar-refractivity contribution is -0.138. The number of hydrogen-bond donors (Lipinski definition) is 0. The highest BCUT2D eigenvalue weighted by Crippen LogP contribution is 2.38. The second-order valence-electron chi connectivity index (χ2n) is 12.5. The molecule has 2 heterocycles. The lowest BCUT2D eigenvalue weighted by Crippen LogP contribution is -2.40. The van der Waals surface area contributed by atoms with Crippen LogP contribution in [0.25, 0.3) is 11.8 Å². The normalized spacial score (nSPS) is 14.1. The maximum atomic E-state index is 14.4. The topological polar surface area (TPSA) is 105 Å². The Kier molecular flexibility index (Phi) is 11.6. The van der Waals surface area contributed by atoms with E-state index in [1.54, 1.807) is 60.9 Å². The molecule has 53 heavy (non-hydrogen) atoms. The maximum absolute atomic E-state index is 14.4. The monoisotopic (exact) mass is 750 g/mol. The Labute approximate surface area is 316 Å². The third-order valence-corrected chi connectivity index (χ3v) is 9.95. The number of methoxy groups -OCH3 is 1. The summed E-state index contributed by atoms with van der Waals surface area (Å²) < 4.78 is 24.3. The van der Waals surface area contributed by atoms with Crippen LogP contribution in [-0.2, 0) is 20.9 Å². The molecular formula is C42H39ClN2O7S. The molecule has 1 aliphatic rings. The van der Waals surface area contributed by atoms with Gasteiger partial charge in [0.25, 0.3) is 5.56 Å². The molecule has 0 saturated carbocycles. The Morgan fingerprint density at radius 1 is 0.925 bits per heavy atom. The zero-order valence-corrected chi connectivity index (χ0v) is 31.6. The third kappa shape index (κ3) is 7.99. The predicted octanol–water partition coefficient (Wildman–Crippen LogP) is 7.48. The van der Waals surface area contributed by atoms with Crippen molar-refractivity contribution in [2.45, 2.75) is 46.3 Å². The van der Waals surface area contributed by atoms with Crippen molar-refractivity contribution in [2.75, 3.05) is 20.3 Å². The van der Waals surface area contributed by atoms with E-state index in [0.29, 0.717) is 50.2 Å². The number of halogens is 1. The summed E-state index contributed by atoms with van der Waals surface area (Å²) in [6.07, 6.45) is 1.73. The Morgan fingerprint density at radius 3 is 2.25 bits per heavy atom. The Hall–Kier alpha value is -5.45. The molecule has 9 nitrogen and oxygen atoms in total. The van der Waals surface area contributed by atoms with Crippen molar-refractivity contribution in [3.63, 3.8) is 0 Å². The molecule has 0 radical (unpaired) electrons. The number of thiazole rings is 1. The molecule has 0 unspecified atom stereocenters. The first-order valence-electron chi connectivity index (χ1n) is 17.3. The van der Waals surface area contributed by atoms with Gasteiger partial charge in [0.2, 0.25) is 0 Å². The quantitative estimate of drug-likeness (QED) is 0.122. The Morgan fingerprint density at radius 2 is 1.60 bits per heavy atom. The summed E-state index contributed by atoms with van der Waals surface area (Å²) >= 11 is 7.97. The highest BCUT2D eigenvalue weighted by atomic mass is 35.5. The molecule has 4 aromatic carbocycles. The number of rotatable bonds is 12. The molecule has 0 amide bonds. The van der Waals surface area contributed by atoms with Crippen molar-refractivity contribution in [2.24, 2.45) is 4.99 Å². The van der Waals surface area contributed by atoms with Crippen LogP contribution in [0.1, 0.15) is 77.8 Å². The van der Waals surface area contributed by atoms with Crippen molar-refractivity contribution in [1.29, 1.82) is 0 Å². The van der Waals surface area contributed by atoms with E-state index < -0.39 is 12.0 Å². The molecule has 6 rings (SSSR count). The molecule has 272 valence electrons. The van der Waals surface area contributed by atoms with E-state index in [1.165, 1.54) is 18.4 Å². The molecule has 0 aliphatic carbocycles. The summed E-state index contributed by atoms with van der Waals surface area (Å²) in [5, 5.41) is 0.283. The zero-order chi connectivity index (χ0) is 37.6. The van der Waals surface area contributed by atoms with Crippen LogP contribution < -0.4 is 24.4 Å². The van der Waals surface area contributed by atoms with E-state index in [0.717, 1.165) is 22.3 Å². The number of carbonyl (C=O) groups is 2. The standard InChI is InChI=1S/C42H39ClN2O7S/c1-6-50-40(47)31-15-13-26(14-16-31)24-52-38-32(43)21-27(22-33(38)49-5)23-34-39(46)45-37(30-19-17-28(18-20-30)25(3)4)35(41(48)51-7-2)36(44-42(45)53-34)29-11-9-8-10-12-29/h8-23,25,37H,6-7,24H2,1-5H3/b34-23-/t37-/m0/s1. The molecular weight excluding hydrogens is 712 g/mol. The summed E-state index contributed by atoms with van der Waals surface area (Å²) in [6, 6.07) is 27.0. The average molecular weight is 751 g/mol. The first-order valence-corrected chi connectivity index (χ1v) is 18.5. The lowest BCUT2D eigenvalue weighted by Gasteiger charge is -2.26. The number of esters is 2. The van der Waals surface area contributed by atoms with Crippen molar-refractivity contribution in [1.82, 2.24) is 4.57 Å². The summed E-state index contributed by atoms with van der Waals surface area (Å²) in [5.41, 5.74) is 4.92. The summed E-state index contributed by atoms with van der Waals surface area (Å²) in [7, 11) is 1.51. The van der Waals surface area contributed by atoms with Crippen LogP contribution in [0, 0.1) is 0 Å². The van der Waals surface area contributed by atoms with Crippen LogP contribution in [0.2, 0.25) is 5.02 Å². The van der Waals surface area contributed by atoms with Gasteiger partial charge in [-0.2, -0.15) is 0 Å². The number of hydrogen-bond acceptors (Lipinski definition) is 9. The number of aromatic nitrogens is 1. The summed E-state index contributed by atoms with van der Waals surface area (Å²) in [4.78, 5) is 45.6. The van der Waals surface area contributed by atoms with E-state index in [2.05, 4.69) is 13.8 Å². The van der Waals surface area contributed by atoms with Crippen LogP contribution in [0.4, 0.5) is 0 Å². The molecule has 1 aromatic heterocycles. The van der Waals surface area contributed by atoms with Crippen molar-refractivity contribution in [3.8, 4) is 11.5 Å². The van der Waals surface area contributed by atoms with Gasteiger partial charge in [-0.15, -0.1) is 0 Å². The highest BCUT2D eigenvalue weighted by molar-refractivity contribution is 7.07. The fraction of sp³-hybridized carbons (Fsp3) is 0.238. The molecule has 0 bridgehead atoms. The number of fused-ring (bicyclic) bond motifs is 1. The minimum Gasteiger partial charge on any atom is -0.493 e. The van der Waals surface area contributed by atoms with Crippen molar-refractivity contribution in [3.05, 3.63) is 155 Å². The number of carbonyl (C=O) groups excluding carboxylic acids is 2. The van der Waals surface area contributed by atoms with Gasteiger partial charge in [0.05, 0.1) is 52.8 Å². The van der Waals surface area contributed by atoms with Gasteiger partial charge in [-0.05, 0) is 72.4 Å². The fourth-order valence-corrected chi connectivity index (χ4v) is 7.32. The van der Waals surface area contributed by atoms with Crippen molar-refractivity contribution >= 4 is 46.6 Å². The van der Waals surface area contributed by atoms with Gasteiger partial charge in [0.1, 0.15) is 6.61 Å². The third-order valence-electron chi connectivity index (χ3n) is 8.69. The van der Waals surface area contributed by atoms with Gasteiger partial charge in [-0.1, -0.05) is 104 Å². The number of ether oxygens (including phenoxy) is 4. The lowest BCUT2D eigenvalue weighted by atomic mass is 9.91. The van der Waals surface area contributed by atoms with Gasteiger partial charge in [-0.25, -0.2) is 14.6 Å².